The number of hydrogen-bond donors (Lipinski definition) is 3. The van der Waals surface area contributed by atoms with Gasteiger partial charge >= 0.3 is 0 Å². The molecule has 10 heteroatoms. The van der Waals surface area contributed by atoms with Gasteiger partial charge in [-0.25, -0.2) is 13.1 Å². The maximum Gasteiger partial charge on any atom is 0.251 e. The molecule has 3 aromatic rings. The van der Waals surface area contributed by atoms with Crippen LogP contribution in [0.2, 0.25) is 0 Å². The van der Waals surface area contributed by atoms with Crippen LogP contribution in [0.3, 0.4) is 0 Å². The zero-order valence-electron chi connectivity index (χ0n) is 17.5. The van der Waals surface area contributed by atoms with E-state index in [-0.39, 0.29) is 10.8 Å². The minimum atomic E-state index is -3.65. The van der Waals surface area contributed by atoms with Gasteiger partial charge in [0.15, 0.2) is 0 Å². The highest BCUT2D eigenvalue weighted by molar-refractivity contribution is 14.1. The van der Waals surface area contributed by atoms with E-state index in [9.17, 15) is 13.2 Å². The molecule has 2 aromatic carbocycles. The van der Waals surface area contributed by atoms with E-state index in [2.05, 4.69) is 42.3 Å². The van der Waals surface area contributed by atoms with E-state index in [1.165, 1.54) is 0 Å². The predicted molar refractivity (Wildman–Crippen MR) is 134 cm³/mol. The Bertz CT molecular complexity index is 1170. The second-order valence-corrected chi connectivity index (χ2v) is 11.7. The molecule has 3 N–H and O–H groups in total. The van der Waals surface area contributed by atoms with E-state index in [0.29, 0.717) is 35.6 Å². The van der Waals surface area contributed by atoms with Crippen LogP contribution in [0.4, 0.5) is 5.82 Å². The first-order chi connectivity index (χ1) is 14.6. The van der Waals surface area contributed by atoms with E-state index in [1.54, 1.807) is 24.3 Å². The molecule has 166 valence electrons. The third-order valence-corrected chi connectivity index (χ3v) is 7.78. The zero-order valence-corrected chi connectivity index (χ0v) is 21.3. The summed E-state index contributed by atoms with van der Waals surface area (Å²) < 4.78 is 34.3. The summed E-state index contributed by atoms with van der Waals surface area (Å²) in [6.45, 7) is 6.54. The van der Waals surface area contributed by atoms with Crippen molar-refractivity contribution < 1.29 is 13.2 Å². The molecule has 31 heavy (non-hydrogen) atoms. The van der Waals surface area contributed by atoms with Crippen LogP contribution in [-0.4, -0.2) is 37.3 Å². The molecule has 7 nitrogen and oxygen atoms in total. The number of nitrogens with one attached hydrogen (secondary N) is 3. The Balaban J connectivity index is 1.59. The molecule has 0 saturated carbocycles. The minimum absolute atomic E-state index is 0.100. The molecule has 1 aromatic heterocycles. The standard InChI is InChI=1S/C21H25IN4O3S2/c1-21(2,3)26-31(28,29)17-7-4-6-16-18(17)30-25-19(16)23-12-5-13-24-20(27)14-8-10-15(22)11-9-14/h4,6-11,26H,5,12-13H2,1-3H3,(H,23,25)(H,24,27). The van der Waals surface area contributed by atoms with Gasteiger partial charge in [-0.3, -0.25) is 4.79 Å². The first kappa shape index (κ1) is 23.9. The van der Waals surface area contributed by atoms with Crippen LogP contribution in [0.5, 0.6) is 0 Å². The molecule has 0 unspecified atom stereocenters. The summed E-state index contributed by atoms with van der Waals surface area (Å²) >= 11 is 3.36. The Hall–Kier alpha value is -1.76. The summed E-state index contributed by atoms with van der Waals surface area (Å²) in [5.41, 5.74) is 0.0616. The third kappa shape index (κ3) is 6.37. The lowest BCUT2D eigenvalue weighted by molar-refractivity contribution is 0.0953. The summed E-state index contributed by atoms with van der Waals surface area (Å²) in [7, 11) is -3.65. The number of carbonyl (C=O) groups is 1. The minimum Gasteiger partial charge on any atom is -0.369 e. The summed E-state index contributed by atoms with van der Waals surface area (Å²) in [6, 6.07) is 12.6. The number of rotatable bonds is 8. The number of fused-ring (bicyclic) bond motifs is 1. The summed E-state index contributed by atoms with van der Waals surface area (Å²) in [4.78, 5) is 12.4. The first-order valence-corrected chi connectivity index (χ1v) is 13.1. The van der Waals surface area contributed by atoms with Crippen molar-refractivity contribution in [3.05, 3.63) is 51.6 Å². The fourth-order valence-electron chi connectivity index (χ4n) is 2.93. The topological polar surface area (TPSA) is 100 Å². The van der Waals surface area contributed by atoms with E-state index in [1.807, 2.05) is 39.0 Å². The van der Waals surface area contributed by atoms with Crippen molar-refractivity contribution in [1.82, 2.24) is 14.4 Å². The molecule has 0 saturated heterocycles. The highest BCUT2D eigenvalue weighted by Crippen LogP contribution is 2.32. The highest BCUT2D eigenvalue weighted by Gasteiger charge is 2.25. The van der Waals surface area contributed by atoms with E-state index in [0.717, 1.165) is 20.5 Å². The van der Waals surface area contributed by atoms with Crippen LogP contribution in [0.25, 0.3) is 10.1 Å². The molecule has 0 aliphatic carbocycles. The Kier molecular flexibility index (Phi) is 7.55. The first-order valence-electron chi connectivity index (χ1n) is 9.77. The molecule has 0 atom stereocenters. The fraction of sp³-hybridized carbons (Fsp3) is 0.333. The van der Waals surface area contributed by atoms with Crippen LogP contribution in [0, 0.1) is 3.57 Å². The molecule has 0 bridgehead atoms. The molecule has 0 aliphatic rings. The fourth-order valence-corrected chi connectivity index (χ4v) is 6.03. The van der Waals surface area contributed by atoms with Crippen LogP contribution in [0.15, 0.2) is 47.4 Å². The van der Waals surface area contributed by atoms with Crippen molar-refractivity contribution in [2.75, 3.05) is 18.4 Å². The predicted octanol–water partition coefficient (Wildman–Crippen LogP) is 4.21. The normalized spacial score (nSPS) is 12.1. The van der Waals surface area contributed by atoms with Crippen molar-refractivity contribution >= 4 is 66.0 Å². The van der Waals surface area contributed by atoms with E-state index < -0.39 is 15.6 Å². The summed E-state index contributed by atoms with van der Waals surface area (Å²) in [6.07, 6.45) is 0.707. The van der Waals surface area contributed by atoms with Crippen molar-refractivity contribution in [3.8, 4) is 0 Å². The summed E-state index contributed by atoms with van der Waals surface area (Å²) in [5.74, 6) is 0.550. The molecule has 3 rings (SSSR count). The number of anilines is 1. The quantitative estimate of drug-likeness (QED) is 0.278. The number of benzene rings is 2. The Morgan fingerprint density at radius 2 is 1.81 bits per heavy atom. The van der Waals surface area contributed by atoms with Crippen LogP contribution < -0.4 is 15.4 Å². The molecule has 0 aliphatic heterocycles. The lowest BCUT2D eigenvalue weighted by Crippen LogP contribution is -2.40. The third-order valence-electron chi connectivity index (χ3n) is 4.23. The van der Waals surface area contributed by atoms with E-state index in [4.69, 9.17) is 0 Å². The van der Waals surface area contributed by atoms with Crippen molar-refractivity contribution in [2.45, 2.75) is 37.6 Å². The largest absolute Gasteiger partial charge is 0.369 e. The van der Waals surface area contributed by atoms with Crippen LogP contribution in [-0.2, 0) is 10.0 Å². The molecule has 1 heterocycles. The Morgan fingerprint density at radius 3 is 2.48 bits per heavy atom. The van der Waals surface area contributed by atoms with Gasteiger partial charge in [-0.1, -0.05) is 6.07 Å². The SMILES string of the molecule is CC(C)(C)NS(=O)(=O)c1cccc2c(NCCCNC(=O)c3ccc(I)cc3)nsc12. The molecular weight excluding hydrogens is 547 g/mol. The van der Waals surface area contributed by atoms with Crippen LogP contribution in [0.1, 0.15) is 37.6 Å². The number of amides is 1. The van der Waals surface area contributed by atoms with Gasteiger partial charge in [0.1, 0.15) is 10.7 Å². The van der Waals surface area contributed by atoms with Gasteiger partial charge in [-0.05, 0) is 97.7 Å². The average molecular weight is 572 g/mol. The number of hydrogen-bond acceptors (Lipinski definition) is 6. The van der Waals surface area contributed by atoms with Gasteiger partial charge in [0.2, 0.25) is 10.0 Å². The molecule has 0 radical (unpaired) electrons. The van der Waals surface area contributed by atoms with Gasteiger partial charge in [-0.2, -0.15) is 4.37 Å². The smallest absolute Gasteiger partial charge is 0.251 e. The van der Waals surface area contributed by atoms with Gasteiger partial charge in [0.05, 0.1) is 4.70 Å². The van der Waals surface area contributed by atoms with Gasteiger partial charge in [0.25, 0.3) is 5.91 Å². The number of nitrogens with zero attached hydrogens (tertiary/aromatic N) is 1. The second kappa shape index (κ2) is 9.80. The molecular formula is C21H25IN4O3S2. The van der Waals surface area contributed by atoms with Crippen molar-refractivity contribution in [1.29, 1.82) is 0 Å². The monoisotopic (exact) mass is 572 g/mol. The number of aromatic nitrogens is 1. The Morgan fingerprint density at radius 1 is 1.10 bits per heavy atom. The van der Waals surface area contributed by atoms with Crippen molar-refractivity contribution in [2.24, 2.45) is 0 Å². The molecule has 1 amide bonds. The maximum atomic E-state index is 12.8. The zero-order chi connectivity index (χ0) is 22.6. The lowest BCUT2D eigenvalue weighted by Gasteiger charge is -2.20. The lowest BCUT2D eigenvalue weighted by atomic mass is 10.1. The van der Waals surface area contributed by atoms with Gasteiger partial charge < -0.3 is 10.6 Å². The maximum absolute atomic E-state index is 12.8. The Labute approximate surface area is 200 Å². The van der Waals surface area contributed by atoms with Gasteiger partial charge in [0, 0.05) is 33.1 Å². The molecule has 0 fully saturated rings. The molecule has 0 spiro atoms. The average Bonchev–Trinajstić information content (AvgIpc) is 3.09. The second-order valence-electron chi connectivity index (χ2n) is 8.06. The number of carbonyl (C=O) groups excluding carboxylic acids is 1. The number of sulfonamides is 1. The summed E-state index contributed by atoms with van der Waals surface area (Å²) in [5, 5.41) is 6.92. The van der Waals surface area contributed by atoms with Crippen LogP contribution >= 0.6 is 34.1 Å². The van der Waals surface area contributed by atoms with Crippen molar-refractivity contribution in [3.63, 3.8) is 0 Å². The highest BCUT2D eigenvalue weighted by atomic mass is 127. The number of halogens is 1. The van der Waals surface area contributed by atoms with E-state index >= 15 is 0 Å². The van der Waals surface area contributed by atoms with Gasteiger partial charge in [-0.15, -0.1) is 0 Å².